The van der Waals surface area contributed by atoms with Gasteiger partial charge in [0, 0.05) is 25.3 Å². The van der Waals surface area contributed by atoms with Crippen LogP contribution in [-0.4, -0.2) is 59.8 Å². The molecule has 0 bridgehead atoms. The molecule has 1 fully saturated rings. The van der Waals surface area contributed by atoms with Gasteiger partial charge in [-0.15, -0.1) is 0 Å². The van der Waals surface area contributed by atoms with Gasteiger partial charge in [-0.25, -0.2) is 0 Å². The summed E-state index contributed by atoms with van der Waals surface area (Å²) in [5.41, 5.74) is 0.717. The lowest BCUT2D eigenvalue weighted by atomic mass is 10.2. The summed E-state index contributed by atoms with van der Waals surface area (Å²) in [4.78, 5) is 19.6. The first-order valence-corrected chi connectivity index (χ1v) is 6.26. The van der Waals surface area contributed by atoms with Gasteiger partial charge in [0.15, 0.2) is 5.78 Å². The van der Waals surface area contributed by atoms with Gasteiger partial charge in [0.2, 0.25) is 0 Å². The maximum Gasteiger partial charge on any atom is 0.192 e. The summed E-state index contributed by atoms with van der Waals surface area (Å²) in [6.07, 6.45) is 2.94. The highest BCUT2D eigenvalue weighted by Gasteiger charge is 2.22. The molecule has 4 heteroatoms. The van der Waals surface area contributed by atoms with Gasteiger partial charge in [-0.2, -0.15) is 0 Å². The van der Waals surface area contributed by atoms with E-state index in [1.165, 1.54) is 0 Å². The average molecular weight is 235 g/mol. The molecule has 0 aliphatic carbocycles. The number of hydrogen-bond donors (Lipinski definition) is 1. The van der Waals surface area contributed by atoms with Crippen molar-refractivity contribution in [3.63, 3.8) is 0 Å². The number of likely N-dealkylation sites (N-methyl/N-ethyl adjacent to an activating group) is 1. The maximum atomic E-state index is 12.0. The van der Waals surface area contributed by atoms with Gasteiger partial charge in [0.25, 0.3) is 0 Å². The first-order valence-electron chi connectivity index (χ1n) is 6.26. The Morgan fingerprint density at radius 2 is 2.35 bits per heavy atom. The van der Waals surface area contributed by atoms with E-state index in [9.17, 15) is 4.79 Å². The van der Waals surface area contributed by atoms with Crippen LogP contribution < -0.4 is 0 Å². The molecule has 2 heterocycles. The number of rotatable bonds is 3. The van der Waals surface area contributed by atoms with Crippen LogP contribution in [0.4, 0.5) is 0 Å². The van der Waals surface area contributed by atoms with Gasteiger partial charge < -0.3 is 9.88 Å². The standard InChI is InChI=1S/C13H21N3O/c1-11-9-15(2)7-4-8-16(11)10-13(17)12-5-3-6-14-12/h3,5-6,11,14H,4,7-10H2,1-2H3. The number of ketones is 1. The molecule has 1 N–H and O–H groups in total. The van der Waals surface area contributed by atoms with E-state index in [1.807, 2.05) is 12.1 Å². The summed E-state index contributed by atoms with van der Waals surface area (Å²) in [6.45, 7) is 5.90. The Balaban J connectivity index is 1.95. The highest BCUT2D eigenvalue weighted by molar-refractivity contribution is 5.95. The van der Waals surface area contributed by atoms with Crippen LogP contribution in [0.5, 0.6) is 0 Å². The van der Waals surface area contributed by atoms with Crippen LogP contribution in [0.3, 0.4) is 0 Å². The van der Waals surface area contributed by atoms with Crippen LogP contribution in [0.25, 0.3) is 0 Å². The molecule has 0 saturated carbocycles. The van der Waals surface area contributed by atoms with Crippen molar-refractivity contribution in [1.82, 2.24) is 14.8 Å². The summed E-state index contributed by atoms with van der Waals surface area (Å²) in [5, 5.41) is 0. The smallest absolute Gasteiger partial charge is 0.192 e. The molecule has 94 valence electrons. The summed E-state index contributed by atoms with van der Waals surface area (Å²) >= 11 is 0. The average Bonchev–Trinajstić information content (AvgIpc) is 2.75. The molecule has 1 aromatic rings. The first-order chi connectivity index (χ1) is 8.16. The fraction of sp³-hybridized carbons (Fsp3) is 0.615. The minimum Gasteiger partial charge on any atom is -0.359 e. The Kier molecular flexibility index (Phi) is 3.97. The molecular weight excluding hydrogens is 214 g/mol. The van der Waals surface area contributed by atoms with Crippen LogP contribution in [0.15, 0.2) is 18.3 Å². The van der Waals surface area contributed by atoms with Crippen molar-refractivity contribution in [3.8, 4) is 0 Å². The first kappa shape index (κ1) is 12.3. The largest absolute Gasteiger partial charge is 0.359 e. The zero-order valence-corrected chi connectivity index (χ0v) is 10.6. The fourth-order valence-electron chi connectivity index (χ4n) is 2.43. The van der Waals surface area contributed by atoms with Gasteiger partial charge in [-0.3, -0.25) is 9.69 Å². The third-order valence-corrected chi connectivity index (χ3v) is 3.43. The zero-order valence-electron chi connectivity index (χ0n) is 10.6. The molecule has 17 heavy (non-hydrogen) atoms. The number of aromatic amines is 1. The quantitative estimate of drug-likeness (QED) is 0.801. The SMILES string of the molecule is CC1CN(C)CCCN1CC(=O)c1ccc[nH]1. The third kappa shape index (κ3) is 3.17. The molecule has 1 saturated heterocycles. The molecule has 1 aromatic heterocycles. The highest BCUT2D eigenvalue weighted by atomic mass is 16.1. The molecule has 1 atom stereocenters. The van der Waals surface area contributed by atoms with Crippen molar-refractivity contribution in [1.29, 1.82) is 0 Å². The minimum atomic E-state index is 0.186. The van der Waals surface area contributed by atoms with Crippen molar-refractivity contribution >= 4 is 5.78 Å². The summed E-state index contributed by atoms with van der Waals surface area (Å²) in [6, 6.07) is 4.16. The van der Waals surface area contributed by atoms with Crippen LogP contribution in [0.2, 0.25) is 0 Å². The van der Waals surface area contributed by atoms with Crippen molar-refractivity contribution in [2.75, 3.05) is 33.2 Å². The molecule has 4 nitrogen and oxygen atoms in total. The Morgan fingerprint density at radius 3 is 3.06 bits per heavy atom. The predicted molar refractivity (Wildman–Crippen MR) is 68.3 cm³/mol. The molecule has 0 radical (unpaired) electrons. The van der Waals surface area contributed by atoms with Crippen molar-refractivity contribution in [3.05, 3.63) is 24.0 Å². The van der Waals surface area contributed by atoms with E-state index < -0.39 is 0 Å². The zero-order chi connectivity index (χ0) is 12.3. The molecule has 0 amide bonds. The van der Waals surface area contributed by atoms with Crippen molar-refractivity contribution in [2.45, 2.75) is 19.4 Å². The molecule has 0 spiro atoms. The van der Waals surface area contributed by atoms with E-state index in [4.69, 9.17) is 0 Å². The number of nitrogens with zero attached hydrogens (tertiary/aromatic N) is 2. The lowest BCUT2D eigenvalue weighted by Gasteiger charge is -2.26. The maximum absolute atomic E-state index is 12.0. The van der Waals surface area contributed by atoms with Gasteiger partial charge in [-0.05, 0) is 39.1 Å². The van der Waals surface area contributed by atoms with E-state index in [0.29, 0.717) is 12.6 Å². The van der Waals surface area contributed by atoms with Gasteiger partial charge in [0.1, 0.15) is 0 Å². The Labute approximate surface area is 103 Å². The van der Waals surface area contributed by atoms with E-state index in [2.05, 4.69) is 28.8 Å². The second-order valence-corrected chi connectivity index (χ2v) is 4.94. The van der Waals surface area contributed by atoms with Crippen molar-refractivity contribution in [2.24, 2.45) is 0 Å². The molecular formula is C13H21N3O. The molecule has 1 aliphatic heterocycles. The monoisotopic (exact) mass is 235 g/mol. The van der Waals surface area contributed by atoms with E-state index in [1.54, 1.807) is 6.20 Å². The normalized spacial score (nSPS) is 23.5. The van der Waals surface area contributed by atoms with Crippen LogP contribution >= 0.6 is 0 Å². The fourth-order valence-corrected chi connectivity index (χ4v) is 2.43. The van der Waals surface area contributed by atoms with Crippen LogP contribution in [0.1, 0.15) is 23.8 Å². The van der Waals surface area contributed by atoms with Crippen molar-refractivity contribution < 1.29 is 4.79 Å². The van der Waals surface area contributed by atoms with Crippen LogP contribution in [-0.2, 0) is 0 Å². The Morgan fingerprint density at radius 1 is 1.53 bits per heavy atom. The Bertz CT molecular complexity index is 361. The summed E-state index contributed by atoms with van der Waals surface area (Å²) in [5.74, 6) is 0.186. The molecule has 1 aliphatic rings. The highest BCUT2D eigenvalue weighted by Crippen LogP contribution is 2.09. The van der Waals surface area contributed by atoms with E-state index in [-0.39, 0.29) is 5.78 Å². The molecule has 2 rings (SSSR count). The van der Waals surface area contributed by atoms with Gasteiger partial charge >= 0.3 is 0 Å². The Hall–Kier alpha value is -1.13. The second-order valence-electron chi connectivity index (χ2n) is 4.94. The number of Topliss-reactive ketones (excluding diaryl/α,β-unsaturated/α-hetero) is 1. The summed E-state index contributed by atoms with van der Waals surface area (Å²) < 4.78 is 0. The molecule has 0 aromatic carbocycles. The lowest BCUT2D eigenvalue weighted by molar-refractivity contribution is 0.0896. The molecule has 1 unspecified atom stereocenters. The number of carbonyl (C=O) groups is 1. The number of H-pyrrole nitrogens is 1. The van der Waals surface area contributed by atoms with E-state index in [0.717, 1.165) is 31.7 Å². The second kappa shape index (κ2) is 5.47. The minimum absolute atomic E-state index is 0.186. The predicted octanol–water partition coefficient (Wildman–Crippen LogP) is 1.22. The number of carbonyl (C=O) groups excluding carboxylic acids is 1. The van der Waals surface area contributed by atoms with Gasteiger partial charge in [0.05, 0.1) is 12.2 Å². The topological polar surface area (TPSA) is 39.3 Å². The number of nitrogens with one attached hydrogen (secondary N) is 1. The van der Waals surface area contributed by atoms with E-state index >= 15 is 0 Å². The number of hydrogen-bond acceptors (Lipinski definition) is 3. The lowest BCUT2D eigenvalue weighted by Crippen LogP contribution is -2.40. The van der Waals surface area contributed by atoms with Crippen LogP contribution in [0, 0.1) is 0 Å². The number of aromatic nitrogens is 1. The van der Waals surface area contributed by atoms with Gasteiger partial charge in [-0.1, -0.05) is 0 Å². The third-order valence-electron chi connectivity index (χ3n) is 3.43. The summed E-state index contributed by atoms with van der Waals surface area (Å²) in [7, 11) is 2.15.